The maximum Gasteiger partial charge on any atom is 0.185 e. The molecule has 4 nitrogen and oxygen atoms in total. The Morgan fingerprint density at radius 1 is 1.39 bits per heavy atom. The van der Waals surface area contributed by atoms with Gasteiger partial charge >= 0.3 is 0 Å². The van der Waals surface area contributed by atoms with Crippen molar-refractivity contribution in [1.82, 2.24) is 4.98 Å². The summed E-state index contributed by atoms with van der Waals surface area (Å²) in [6, 6.07) is 0. The van der Waals surface area contributed by atoms with Crippen LogP contribution >= 0.6 is 11.3 Å². The molecule has 2 N–H and O–H groups in total. The van der Waals surface area contributed by atoms with Crippen LogP contribution in [-0.2, 0) is 16.7 Å². The molecule has 1 aromatic rings. The molecule has 5 heteroatoms. The number of methoxy groups -OCH3 is 1. The molecule has 0 aliphatic carbocycles. The van der Waals surface area contributed by atoms with Gasteiger partial charge < -0.3 is 15.4 Å². The summed E-state index contributed by atoms with van der Waals surface area (Å²) < 4.78 is 5.14. The third kappa shape index (κ3) is 3.67. The van der Waals surface area contributed by atoms with Crippen LogP contribution in [0.25, 0.3) is 0 Å². The molecule has 0 aliphatic rings. The van der Waals surface area contributed by atoms with E-state index in [2.05, 4.69) is 32.6 Å². The van der Waals surface area contributed by atoms with E-state index in [1.807, 2.05) is 0 Å². The number of nitrogens with two attached hydrogens (primary N) is 1. The minimum absolute atomic E-state index is 0.0458. The Morgan fingerprint density at radius 2 is 2.06 bits per heavy atom. The van der Waals surface area contributed by atoms with Gasteiger partial charge in [-0.05, 0) is 6.92 Å². The summed E-state index contributed by atoms with van der Waals surface area (Å²) in [5.74, 6) is 0. The van der Waals surface area contributed by atoms with Gasteiger partial charge in [0.1, 0.15) is 0 Å². The van der Waals surface area contributed by atoms with Crippen molar-refractivity contribution in [3.8, 4) is 0 Å². The Balaban J connectivity index is 2.99. The fraction of sp³-hybridized carbons (Fsp3) is 0.769. The molecule has 1 heterocycles. The van der Waals surface area contributed by atoms with Gasteiger partial charge in [-0.3, -0.25) is 0 Å². The third-order valence-corrected chi connectivity index (χ3v) is 3.94. The number of ether oxygens (including phenoxy) is 1. The van der Waals surface area contributed by atoms with Crippen molar-refractivity contribution >= 4 is 16.5 Å². The minimum Gasteiger partial charge on any atom is -0.383 e. The zero-order valence-corrected chi connectivity index (χ0v) is 12.9. The predicted molar refractivity (Wildman–Crippen MR) is 78.5 cm³/mol. The van der Waals surface area contributed by atoms with Crippen LogP contribution in [0, 0.1) is 0 Å². The molecule has 0 aliphatic heterocycles. The van der Waals surface area contributed by atoms with Crippen LogP contribution in [0.5, 0.6) is 0 Å². The Kier molecular flexibility index (Phi) is 5.56. The lowest BCUT2D eigenvalue weighted by molar-refractivity contribution is 0.205. The van der Waals surface area contributed by atoms with Crippen molar-refractivity contribution in [3.05, 3.63) is 10.6 Å². The number of rotatable bonds is 6. The van der Waals surface area contributed by atoms with Crippen molar-refractivity contribution in [2.24, 2.45) is 5.73 Å². The van der Waals surface area contributed by atoms with Gasteiger partial charge in [-0.15, -0.1) is 11.3 Å². The first-order valence-electron chi connectivity index (χ1n) is 6.38. The summed E-state index contributed by atoms with van der Waals surface area (Å²) in [6.07, 6.45) is 0. The monoisotopic (exact) mass is 271 g/mol. The molecule has 1 aromatic heterocycles. The number of thiazole rings is 1. The molecule has 0 amide bonds. The Morgan fingerprint density at radius 3 is 2.44 bits per heavy atom. The van der Waals surface area contributed by atoms with Gasteiger partial charge in [0.15, 0.2) is 5.13 Å². The van der Waals surface area contributed by atoms with Crippen LogP contribution in [-0.4, -0.2) is 31.8 Å². The average Bonchev–Trinajstić information content (AvgIpc) is 2.74. The summed E-state index contributed by atoms with van der Waals surface area (Å²) >= 11 is 1.70. The summed E-state index contributed by atoms with van der Waals surface area (Å²) in [5.41, 5.74) is 7.00. The maximum absolute atomic E-state index is 5.83. The van der Waals surface area contributed by atoms with Gasteiger partial charge in [-0.25, -0.2) is 4.98 Å². The second-order valence-electron chi connectivity index (χ2n) is 5.29. The molecule has 0 radical (unpaired) electrons. The number of hydrogen-bond donors (Lipinski definition) is 1. The van der Waals surface area contributed by atoms with Crippen LogP contribution in [0.2, 0.25) is 0 Å². The largest absolute Gasteiger partial charge is 0.383 e. The fourth-order valence-corrected chi connectivity index (χ4v) is 3.03. The van der Waals surface area contributed by atoms with Gasteiger partial charge in [0.25, 0.3) is 0 Å². The topological polar surface area (TPSA) is 51.4 Å². The SMILES string of the molecule is CCN(CCOC)c1nc(C(C)(C)C)c(CN)s1. The van der Waals surface area contributed by atoms with Crippen molar-refractivity contribution in [1.29, 1.82) is 0 Å². The first-order valence-corrected chi connectivity index (χ1v) is 7.19. The zero-order chi connectivity index (χ0) is 13.8. The first kappa shape index (κ1) is 15.4. The quantitative estimate of drug-likeness (QED) is 0.863. The zero-order valence-electron chi connectivity index (χ0n) is 12.1. The second kappa shape index (κ2) is 6.50. The molecular formula is C13H25N3OS. The van der Waals surface area contributed by atoms with E-state index in [1.54, 1.807) is 18.4 Å². The first-order chi connectivity index (χ1) is 8.43. The van der Waals surface area contributed by atoms with E-state index in [0.717, 1.165) is 30.5 Å². The molecule has 0 unspecified atom stereocenters. The number of hydrogen-bond acceptors (Lipinski definition) is 5. The number of anilines is 1. The average molecular weight is 271 g/mol. The van der Waals surface area contributed by atoms with E-state index in [-0.39, 0.29) is 5.41 Å². The maximum atomic E-state index is 5.83. The molecule has 0 fully saturated rings. The van der Waals surface area contributed by atoms with Crippen molar-refractivity contribution in [3.63, 3.8) is 0 Å². The van der Waals surface area contributed by atoms with Crippen molar-refractivity contribution < 1.29 is 4.74 Å². The molecule has 0 bridgehead atoms. The normalized spacial score (nSPS) is 11.9. The highest BCUT2D eigenvalue weighted by atomic mass is 32.1. The standard InChI is InChI=1S/C13H25N3OS/c1-6-16(7-8-17-5)12-15-11(13(2,3)4)10(9-14)18-12/h6-9,14H2,1-5H3. The van der Waals surface area contributed by atoms with E-state index in [0.29, 0.717) is 6.54 Å². The Bertz CT molecular complexity index is 371. The highest BCUT2D eigenvalue weighted by Gasteiger charge is 2.23. The predicted octanol–water partition coefficient (Wildman–Crippen LogP) is 2.37. The number of aromatic nitrogens is 1. The lowest BCUT2D eigenvalue weighted by atomic mass is 9.91. The van der Waals surface area contributed by atoms with Crippen LogP contribution < -0.4 is 10.6 Å². The molecule has 0 atom stereocenters. The van der Waals surface area contributed by atoms with E-state index >= 15 is 0 Å². The van der Waals surface area contributed by atoms with Gasteiger partial charge in [-0.2, -0.15) is 0 Å². The molecule has 0 spiro atoms. The summed E-state index contributed by atoms with van der Waals surface area (Å²) in [4.78, 5) is 8.21. The smallest absolute Gasteiger partial charge is 0.185 e. The molecular weight excluding hydrogens is 246 g/mol. The van der Waals surface area contributed by atoms with E-state index in [1.165, 1.54) is 4.88 Å². The van der Waals surface area contributed by atoms with Gasteiger partial charge in [-0.1, -0.05) is 20.8 Å². The number of nitrogens with zero attached hydrogens (tertiary/aromatic N) is 2. The lowest BCUT2D eigenvalue weighted by Crippen LogP contribution is -2.27. The highest BCUT2D eigenvalue weighted by molar-refractivity contribution is 7.15. The Labute approximate surface area is 114 Å². The molecule has 104 valence electrons. The fourth-order valence-electron chi connectivity index (χ4n) is 1.79. The third-order valence-electron chi connectivity index (χ3n) is 2.80. The van der Waals surface area contributed by atoms with Crippen molar-refractivity contribution in [2.45, 2.75) is 39.7 Å². The molecule has 0 saturated carbocycles. The van der Waals surface area contributed by atoms with Crippen LogP contribution in [0.1, 0.15) is 38.3 Å². The van der Waals surface area contributed by atoms with E-state index in [9.17, 15) is 0 Å². The van der Waals surface area contributed by atoms with E-state index in [4.69, 9.17) is 15.5 Å². The van der Waals surface area contributed by atoms with Gasteiger partial charge in [0.05, 0.1) is 12.3 Å². The lowest BCUT2D eigenvalue weighted by Gasteiger charge is -2.20. The highest BCUT2D eigenvalue weighted by Crippen LogP contribution is 2.33. The van der Waals surface area contributed by atoms with Crippen LogP contribution in [0.4, 0.5) is 5.13 Å². The second-order valence-corrected chi connectivity index (χ2v) is 6.36. The molecule has 18 heavy (non-hydrogen) atoms. The summed E-state index contributed by atoms with van der Waals surface area (Å²) in [6.45, 7) is 11.8. The molecule has 0 aromatic carbocycles. The van der Waals surface area contributed by atoms with Gasteiger partial charge in [0, 0.05) is 37.0 Å². The summed E-state index contributed by atoms with van der Waals surface area (Å²) in [7, 11) is 1.72. The van der Waals surface area contributed by atoms with Crippen LogP contribution in [0.3, 0.4) is 0 Å². The Hall–Kier alpha value is -0.650. The minimum atomic E-state index is 0.0458. The molecule has 0 saturated heterocycles. The van der Waals surface area contributed by atoms with E-state index < -0.39 is 0 Å². The van der Waals surface area contributed by atoms with Gasteiger partial charge in [0.2, 0.25) is 0 Å². The van der Waals surface area contributed by atoms with Crippen molar-refractivity contribution in [2.75, 3.05) is 31.7 Å². The summed E-state index contributed by atoms with van der Waals surface area (Å²) in [5, 5.41) is 1.06. The number of likely N-dealkylation sites (N-methyl/N-ethyl adjacent to an activating group) is 1. The molecule has 1 rings (SSSR count). The van der Waals surface area contributed by atoms with Crippen LogP contribution in [0.15, 0.2) is 0 Å².